The predicted molar refractivity (Wildman–Crippen MR) is 313 cm³/mol. The molecule has 3 heterocycles. The second-order valence-corrected chi connectivity index (χ2v) is 26.9. The normalized spacial score (nSPS) is 19.3. The number of thioether (sulfide) groups is 2. The number of ketones is 1. The SMILES string of the molecule is CC[C@H](C)[C@@H]([C@@H](CC(=O)N1CCC[C@H]1[C@H](OC)[C@@H](C)C(=O)N[C@@H](Cc1ccc(OC(=O)N2CCC(Cn3nnc(CSC)c3CSC)CC2)cc1)C(=O)NS(=O)(=O)C1CC1)OC)N(C)C(=O)[C@@H](CC(=O)[C@H](C(C)C)N(C)C)C(C)C. The summed E-state index contributed by atoms with van der Waals surface area (Å²) in [4.78, 5) is 91.3. The average Bonchev–Trinajstić information content (AvgIpc) is 4.09. The van der Waals surface area contributed by atoms with Crippen LogP contribution in [0.3, 0.4) is 0 Å². The van der Waals surface area contributed by atoms with Crippen LogP contribution in [-0.4, -0.2) is 188 Å². The molecule has 0 unspecified atom stereocenters. The van der Waals surface area contributed by atoms with Crippen molar-refractivity contribution in [1.82, 2.24) is 44.6 Å². The van der Waals surface area contributed by atoms with Crippen LogP contribution in [0.15, 0.2) is 24.3 Å². The first-order valence-corrected chi connectivity index (χ1v) is 32.9. The maximum atomic E-state index is 14.6. The number of piperidine rings is 1. The molecule has 2 aromatic rings. The average molecular weight is 1180 g/mol. The fourth-order valence-electron chi connectivity index (χ4n) is 11.7. The van der Waals surface area contributed by atoms with Gasteiger partial charge in [0.2, 0.25) is 27.7 Å². The highest BCUT2D eigenvalue weighted by molar-refractivity contribution is 7.98. The van der Waals surface area contributed by atoms with Gasteiger partial charge < -0.3 is 34.2 Å². The molecule has 2 aliphatic heterocycles. The molecule has 3 aliphatic rings. The van der Waals surface area contributed by atoms with E-state index in [2.05, 4.69) is 32.9 Å². The lowest BCUT2D eigenvalue weighted by atomic mass is 9.83. The summed E-state index contributed by atoms with van der Waals surface area (Å²) in [6, 6.07) is 3.85. The van der Waals surface area contributed by atoms with Crippen molar-refractivity contribution in [3.8, 4) is 5.75 Å². The van der Waals surface area contributed by atoms with Gasteiger partial charge in [-0.05, 0) is 106 Å². The van der Waals surface area contributed by atoms with Crippen molar-refractivity contribution in [3.05, 3.63) is 41.2 Å². The third-order valence-corrected chi connectivity index (χ3v) is 19.5. The largest absolute Gasteiger partial charge is 0.415 e. The number of likely N-dealkylation sites (N-methyl/N-ethyl adjacent to an activating group) is 2. The van der Waals surface area contributed by atoms with E-state index in [0.29, 0.717) is 63.2 Å². The van der Waals surface area contributed by atoms with Crippen LogP contribution in [0.1, 0.15) is 123 Å². The molecule has 450 valence electrons. The van der Waals surface area contributed by atoms with Crippen molar-refractivity contribution in [3.63, 3.8) is 0 Å². The van der Waals surface area contributed by atoms with Gasteiger partial charge >= 0.3 is 6.09 Å². The van der Waals surface area contributed by atoms with Crippen molar-refractivity contribution >= 4 is 69.1 Å². The first-order valence-electron chi connectivity index (χ1n) is 28.5. The molecule has 5 rings (SSSR count). The zero-order valence-corrected chi connectivity index (χ0v) is 52.4. The molecule has 0 spiro atoms. The molecule has 2 N–H and O–H groups in total. The van der Waals surface area contributed by atoms with Crippen LogP contribution in [0.2, 0.25) is 0 Å². The van der Waals surface area contributed by atoms with Gasteiger partial charge in [0.05, 0.1) is 59.3 Å². The molecule has 9 atom stereocenters. The van der Waals surface area contributed by atoms with E-state index in [-0.39, 0.29) is 66.4 Å². The highest BCUT2D eigenvalue weighted by atomic mass is 32.2. The number of nitrogens with one attached hydrogen (secondary N) is 2. The Morgan fingerprint density at radius 1 is 0.825 bits per heavy atom. The third-order valence-electron chi connectivity index (χ3n) is 16.5. The fraction of sp³-hybridized carbons (Fsp3) is 0.754. The predicted octanol–water partition coefficient (Wildman–Crippen LogP) is 6.29. The lowest BCUT2D eigenvalue weighted by Gasteiger charge is -2.41. The number of rotatable bonds is 31. The monoisotopic (exact) mass is 1180 g/mol. The number of benzene rings is 1. The minimum Gasteiger partial charge on any atom is -0.410 e. The molecule has 0 bridgehead atoms. The summed E-state index contributed by atoms with van der Waals surface area (Å²) in [7, 11) is 4.51. The number of carbonyl (C=O) groups is 6. The molecule has 1 aromatic heterocycles. The molecule has 2 saturated heterocycles. The second kappa shape index (κ2) is 30.8. The molecule has 20 nitrogen and oxygen atoms in total. The summed E-state index contributed by atoms with van der Waals surface area (Å²) in [6.07, 6.45) is 6.36. The van der Waals surface area contributed by atoms with Crippen molar-refractivity contribution in [2.75, 3.05) is 67.5 Å². The van der Waals surface area contributed by atoms with E-state index in [9.17, 15) is 37.2 Å². The van der Waals surface area contributed by atoms with Gasteiger partial charge in [-0.15, -0.1) is 5.10 Å². The number of sulfonamides is 1. The van der Waals surface area contributed by atoms with E-state index in [1.54, 1.807) is 76.5 Å². The third kappa shape index (κ3) is 17.6. The summed E-state index contributed by atoms with van der Waals surface area (Å²) in [5.41, 5.74) is 2.73. The minimum absolute atomic E-state index is 0.00924. The van der Waals surface area contributed by atoms with Crippen LogP contribution in [0.25, 0.3) is 0 Å². The number of hydrogen-bond donors (Lipinski definition) is 2. The maximum absolute atomic E-state index is 14.6. The molecular weight excluding hydrogens is 1080 g/mol. The van der Waals surface area contributed by atoms with Gasteiger partial charge in [-0.3, -0.25) is 33.6 Å². The highest BCUT2D eigenvalue weighted by Gasteiger charge is 2.44. The number of ether oxygens (including phenoxy) is 3. The Kier molecular flexibility index (Phi) is 25.6. The molecule has 1 aromatic carbocycles. The Bertz CT molecular complexity index is 2480. The van der Waals surface area contributed by atoms with Gasteiger partial charge in [0.15, 0.2) is 5.78 Å². The number of likely N-dealkylation sites (tertiary alicyclic amines) is 2. The molecule has 5 amide bonds. The van der Waals surface area contributed by atoms with E-state index in [1.807, 2.05) is 65.2 Å². The Labute approximate surface area is 485 Å². The number of methoxy groups -OCH3 is 2. The van der Waals surface area contributed by atoms with E-state index in [4.69, 9.17) is 14.2 Å². The summed E-state index contributed by atoms with van der Waals surface area (Å²) >= 11 is 3.46. The van der Waals surface area contributed by atoms with E-state index in [1.165, 1.54) is 14.2 Å². The fourth-order valence-corrected chi connectivity index (χ4v) is 14.1. The summed E-state index contributed by atoms with van der Waals surface area (Å²) in [5.74, 6) is -1.22. The van der Waals surface area contributed by atoms with Crippen LogP contribution < -0.4 is 14.8 Å². The summed E-state index contributed by atoms with van der Waals surface area (Å²) < 4.78 is 48.2. The molecule has 3 fully saturated rings. The molecular formula is C57H93N9O11S3. The van der Waals surface area contributed by atoms with E-state index >= 15 is 0 Å². The summed E-state index contributed by atoms with van der Waals surface area (Å²) in [6.45, 7) is 15.8. The van der Waals surface area contributed by atoms with Gasteiger partial charge in [-0.25, -0.2) is 17.9 Å². The van der Waals surface area contributed by atoms with Crippen LogP contribution >= 0.6 is 23.5 Å². The zero-order chi connectivity index (χ0) is 59.2. The van der Waals surface area contributed by atoms with Gasteiger partial charge in [-0.1, -0.05) is 72.2 Å². The Morgan fingerprint density at radius 2 is 1.48 bits per heavy atom. The van der Waals surface area contributed by atoms with E-state index in [0.717, 1.165) is 42.3 Å². The number of amides is 5. The Morgan fingerprint density at radius 3 is 2.02 bits per heavy atom. The number of aromatic nitrogens is 3. The smallest absolute Gasteiger partial charge is 0.410 e. The lowest BCUT2D eigenvalue weighted by molar-refractivity contribution is -0.149. The van der Waals surface area contributed by atoms with Gasteiger partial charge in [0, 0.05) is 77.7 Å². The van der Waals surface area contributed by atoms with Crippen LogP contribution in [0.4, 0.5) is 4.79 Å². The summed E-state index contributed by atoms with van der Waals surface area (Å²) in [5, 5.41) is 11.0. The molecule has 1 aliphatic carbocycles. The van der Waals surface area contributed by atoms with Crippen molar-refractivity contribution in [2.45, 2.75) is 172 Å². The standard InChI is InChI=1S/C57H93N9O11S3/c1-15-37(6)52(63(10)56(71)43(35(2)3)30-48(67)51(36(4)5)62(8)9)49(75-11)31-50(68)65-26-16-17-46(65)53(76-12)38(7)54(69)58-44(55(70)60-80(73,74)42-22-23-42)29-39-18-20-41(21-19-39)77-57(72)64-27-24-40(25-28-64)32-66-47(34-79-14)45(33-78-13)59-61-66/h18-21,35-38,40,42-44,46,49,51-53H,15-17,22-34H2,1-14H3,(H,58,69)(H,60,70)/t37-,38+,43-,44-,46-,49+,51-,52-,53+/m0/s1. The van der Waals surface area contributed by atoms with E-state index < -0.39 is 75.4 Å². The van der Waals surface area contributed by atoms with Crippen LogP contribution in [0.5, 0.6) is 5.75 Å². The van der Waals surface area contributed by atoms with Crippen molar-refractivity contribution < 1.29 is 51.4 Å². The first kappa shape index (κ1) is 66.5. The number of Topliss-reactive ketones (excluding diaryl/α,β-unsaturated/α-hetero) is 1. The van der Waals surface area contributed by atoms with Gasteiger partial charge in [0.25, 0.3) is 5.91 Å². The number of carbonyl (C=O) groups excluding carboxylic acids is 6. The number of nitrogens with zero attached hydrogens (tertiary/aromatic N) is 7. The molecule has 0 radical (unpaired) electrons. The first-order chi connectivity index (χ1) is 37.9. The van der Waals surface area contributed by atoms with Crippen LogP contribution in [-0.2, 0) is 67.9 Å². The van der Waals surface area contributed by atoms with Crippen LogP contribution in [0, 0.1) is 35.5 Å². The van der Waals surface area contributed by atoms with Crippen molar-refractivity contribution in [1.29, 1.82) is 0 Å². The zero-order valence-electron chi connectivity index (χ0n) is 50.0. The number of hydrogen-bond acceptors (Lipinski definition) is 16. The molecule has 23 heteroatoms. The quantitative estimate of drug-likeness (QED) is 0.0845. The molecule has 1 saturated carbocycles. The minimum atomic E-state index is -3.98. The Balaban J connectivity index is 1.24. The Hall–Kier alpha value is -4.29. The van der Waals surface area contributed by atoms with Gasteiger partial charge in [0.1, 0.15) is 11.8 Å². The molecule has 80 heavy (non-hydrogen) atoms. The second-order valence-electron chi connectivity index (χ2n) is 23.2. The highest BCUT2D eigenvalue weighted by Crippen LogP contribution is 2.32. The maximum Gasteiger partial charge on any atom is 0.415 e. The van der Waals surface area contributed by atoms with Crippen molar-refractivity contribution in [2.24, 2.45) is 35.5 Å². The topological polar surface area (TPSA) is 232 Å². The lowest BCUT2D eigenvalue weighted by Crippen LogP contribution is -2.55. The van der Waals surface area contributed by atoms with Gasteiger partial charge in [-0.2, -0.15) is 23.5 Å².